The van der Waals surface area contributed by atoms with Crippen LogP contribution in [-0.4, -0.2) is 5.87 Å². The van der Waals surface area contributed by atoms with Crippen molar-refractivity contribution in [3.05, 3.63) is 107 Å². The molecule has 0 aliphatic carbocycles. The lowest BCUT2D eigenvalue weighted by atomic mass is 9.99. The van der Waals surface area contributed by atoms with Crippen molar-refractivity contribution in [2.75, 3.05) is 0 Å². The van der Waals surface area contributed by atoms with Crippen molar-refractivity contribution < 1.29 is 0 Å². The summed E-state index contributed by atoms with van der Waals surface area (Å²) in [6, 6.07) is 28.2. The second-order valence-corrected chi connectivity index (χ2v) is 5.60. The molecule has 0 unspecified atom stereocenters. The lowest BCUT2D eigenvalue weighted by Gasteiger charge is -2.04. The fourth-order valence-corrected chi connectivity index (χ4v) is 2.56. The molecule has 3 aromatic rings. The van der Waals surface area contributed by atoms with Crippen molar-refractivity contribution in [1.82, 2.24) is 0 Å². The van der Waals surface area contributed by atoms with E-state index < -0.39 is 0 Å². The predicted molar refractivity (Wildman–Crippen MR) is 98.0 cm³/mol. The van der Waals surface area contributed by atoms with Crippen molar-refractivity contribution in [2.45, 2.75) is 6.54 Å². The molecule has 0 N–H and O–H groups in total. The highest BCUT2D eigenvalue weighted by Crippen LogP contribution is 2.20. The average molecular weight is 318 g/mol. The highest BCUT2D eigenvalue weighted by molar-refractivity contribution is 6.30. The number of nitrogens with zero attached hydrogens (tertiary/aromatic N) is 1. The molecule has 0 saturated heterocycles. The molecule has 0 aliphatic heterocycles. The topological polar surface area (TPSA) is 12.4 Å². The molecule has 0 spiro atoms. The summed E-state index contributed by atoms with van der Waals surface area (Å²) in [6.45, 7) is 0.559. The van der Waals surface area contributed by atoms with E-state index in [0.29, 0.717) is 6.54 Å². The summed E-state index contributed by atoms with van der Waals surface area (Å²) in [5.41, 5.74) is 4.28. The van der Waals surface area contributed by atoms with Gasteiger partial charge in [0, 0.05) is 5.02 Å². The fraction of sp³-hybridized carbons (Fsp3) is 0.0476. The number of aliphatic imine (C=N–C) groups is 1. The van der Waals surface area contributed by atoms with E-state index >= 15 is 0 Å². The Labute approximate surface area is 141 Å². The third kappa shape index (κ3) is 4.20. The van der Waals surface area contributed by atoms with Crippen LogP contribution in [0.2, 0.25) is 5.02 Å². The molecule has 23 heavy (non-hydrogen) atoms. The standard InChI is InChI=1S/C21H16ClN/c22-20-13-7-8-17(14-20)15-23-16-21(18-9-3-1-4-10-18)19-11-5-2-6-12-19/h1-14H,15H2. The maximum Gasteiger partial charge on any atom is 0.0735 e. The summed E-state index contributed by atoms with van der Waals surface area (Å²) in [4.78, 5) is 4.49. The third-order valence-electron chi connectivity index (χ3n) is 3.47. The van der Waals surface area contributed by atoms with Crippen LogP contribution in [0.25, 0.3) is 5.57 Å². The minimum absolute atomic E-state index is 0.559. The van der Waals surface area contributed by atoms with Crippen molar-refractivity contribution in [3.8, 4) is 0 Å². The molecular formula is C21H16ClN. The first-order valence-electron chi connectivity index (χ1n) is 7.48. The Balaban J connectivity index is 1.96. The molecule has 0 saturated carbocycles. The van der Waals surface area contributed by atoms with Crippen LogP contribution in [0.15, 0.2) is 89.9 Å². The molecule has 3 aromatic carbocycles. The van der Waals surface area contributed by atoms with Gasteiger partial charge in [-0.15, -0.1) is 0 Å². The molecule has 1 nitrogen and oxygen atoms in total. The summed E-state index contributed by atoms with van der Waals surface area (Å²) >= 11 is 6.01. The number of hydrogen-bond acceptors (Lipinski definition) is 1. The fourth-order valence-electron chi connectivity index (χ4n) is 2.35. The van der Waals surface area contributed by atoms with Crippen molar-refractivity contribution >= 4 is 23.0 Å². The zero-order chi connectivity index (χ0) is 15.9. The molecule has 0 amide bonds. The van der Waals surface area contributed by atoms with Crippen LogP contribution in [0.4, 0.5) is 0 Å². The first-order chi connectivity index (χ1) is 11.3. The Morgan fingerprint density at radius 3 is 1.96 bits per heavy atom. The van der Waals surface area contributed by atoms with Gasteiger partial charge in [-0.2, -0.15) is 0 Å². The lowest BCUT2D eigenvalue weighted by molar-refractivity contribution is 1.08. The largest absolute Gasteiger partial charge is 0.238 e. The van der Waals surface area contributed by atoms with Crippen LogP contribution in [-0.2, 0) is 6.54 Å². The lowest BCUT2D eigenvalue weighted by Crippen LogP contribution is -1.89. The number of rotatable bonds is 4. The minimum atomic E-state index is 0.559. The van der Waals surface area contributed by atoms with Gasteiger partial charge in [0.2, 0.25) is 0 Å². The van der Waals surface area contributed by atoms with E-state index in [1.165, 1.54) is 0 Å². The van der Waals surface area contributed by atoms with Crippen molar-refractivity contribution in [1.29, 1.82) is 0 Å². The Morgan fingerprint density at radius 2 is 1.39 bits per heavy atom. The first kappa shape index (κ1) is 15.3. The summed E-state index contributed by atoms with van der Waals surface area (Å²) in [5.74, 6) is 3.22. The van der Waals surface area contributed by atoms with E-state index in [1.807, 2.05) is 60.7 Å². The Kier molecular flexibility index (Phi) is 5.06. The maximum atomic E-state index is 6.01. The monoisotopic (exact) mass is 317 g/mol. The molecule has 0 bridgehead atoms. The van der Waals surface area contributed by atoms with Crippen LogP contribution in [0.5, 0.6) is 0 Å². The molecule has 0 aliphatic rings. The molecule has 0 fully saturated rings. The minimum Gasteiger partial charge on any atom is -0.238 e. The normalized spacial score (nSPS) is 9.96. The van der Waals surface area contributed by atoms with Crippen LogP contribution in [0.1, 0.15) is 16.7 Å². The zero-order valence-corrected chi connectivity index (χ0v) is 13.4. The van der Waals surface area contributed by atoms with Gasteiger partial charge in [0.05, 0.1) is 12.1 Å². The van der Waals surface area contributed by atoms with Gasteiger partial charge >= 0.3 is 0 Å². The first-order valence-corrected chi connectivity index (χ1v) is 7.85. The number of benzene rings is 3. The van der Waals surface area contributed by atoms with Crippen LogP contribution in [0, 0.1) is 0 Å². The molecule has 0 atom stereocenters. The number of halogens is 1. The van der Waals surface area contributed by atoms with E-state index in [9.17, 15) is 0 Å². The quantitative estimate of drug-likeness (QED) is 0.552. The van der Waals surface area contributed by atoms with E-state index in [4.69, 9.17) is 11.6 Å². The number of hydrogen-bond donors (Lipinski definition) is 0. The second kappa shape index (κ2) is 7.60. The van der Waals surface area contributed by atoms with Gasteiger partial charge in [-0.1, -0.05) is 84.4 Å². The summed E-state index contributed by atoms with van der Waals surface area (Å²) in [6.07, 6.45) is 0. The molecule has 112 valence electrons. The Hall–Kier alpha value is -2.60. The average Bonchev–Trinajstić information content (AvgIpc) is 2.60. The van der Waals surface area contributed by atoms with E-state index in [2.05, 4.69) is 35.1 Å². The second-order valence-electron chi connectivity index (χ2n) is 5.17. The molecule has 2 heteroatoms. The van der Waals surface area contributed by atoms with Gasteiger partial charge in [0.1, 0.15) is 0 Å². The van der Waals surface area contributed by atoms with Gasteiger partial charge in [-0.25, -0.2) is 4.99 Å². The van der Waals surface area contributed by atoms with E-state index in [0.717, 1.165) is 27.3 Å². The zero-order valence-electron chi connectivity index (χ0n) is 12.6. The SMILES string of the molecule is Clc1cccc(CN=C=C(c2ccccc2)c2ccccc2)c1. The summed E-state index contributed by atoms with van der Waals surface area (Å²) in [7, 11) is 0. The molecule has 0 heterocycles. The van der Waals surface area contributed by atoms with Crippen molar-refractivity contribution in [3.63, 3.8) is 0 Å². The Bertz CT molecular complexity index is 790. The molecule has 0 aromatic heterocycles. The van der Waals surface area contributed by atoms with Gasteiger partial charge in [0.15, 0.2) is 0 Å². The van der Waals surface area contributed by atoms with Gasteiger partial charge in [-0.05, 0) is 34.7 Å². The van der Waals surface area contributed by atoms with Crippen molar-refractivity contribution in [2.24, 2.45) is 4.99 Å². The maximum absolute atomic E-state index is 6.01. The van der Waals surface area contributed by atoms with Crippen LogP contribution >= 0.6 is 11.6 Å². The molecular weight excluding hydrogens is 302 g/mol. The predicted octanol–water partition coefficient (Wildman–Crippen LogP) is 5.64. The van der Waals surface area contributed by atoms with Gasteiger partial charge in [0.25, 0.3) is 0 Å². The third-order valence-corrected chi connectivity index (χ3v) is 3.70. The van der Waals surface area contributed by atoms with Crippen LogP contribution < -0.4 is 0 Å². The highest BCUT2D eigenvalue weighted by Gasteiger charge is 2.03. The summed E-state index contributed by atoms with van der Waals surface area (Å²) in [5, 5.41) is 0.730. The molecule has 0 radical (unpaired) electrons. The highest BCUT2D eigenvalue weighted by atomic mass is 35.5. The van der Waals surface area contributed by atoms with Crippen LogP contribution in [0.3, 0.4) is 0 Å². The van der Waals surface area contributed by atoms with Gasteiger partial charge < -0.3 is 0 Å². The Morgan fingerprint density at radius 1 is 0.783 bits per heavy atom. The van der Waals surface area contributed by atoms with E-state index in [1.54, 1.807) is 0 Å². The van der Waals surface area contributed by atoms with Gasteiger partial charge in [-0.3, -0.25) is 0 Å². The van der Waals surface area contributed by atoms with E-state index in [-0.39, 0.29) is 0 Å². The molecule has 3 rings (SSSR count). The smallest absolute Gasteiger partial charge is 0.0735 e. The summed E-state index contributed by atoms with van der Waals surface area (Å²) < 4.78 is 0.